The van der Waals surface area contributed by atoms with Crippen molar-refractivity contribution < 1.29 is 10.2 Å². The number of benzene rings is 1. The van der Waals surface area contributed by atoms with E-state index in [9.17, 15) is 10.2 Å². The second-order valence-corrected chi connectivity index (χ2v) is 4.83. The van der Waals surface area contributed by atoms with Gasteiger partial charge in [0.2, 0.25) is 0 Å². The molecule has 0 saturated heterocycles. The first-order chi connectivity index (χ1) is 7.65. The molecule has 2 rings (SSSR count). The topological polar surface area (TPSA) is 52.5 Å². The number of para-hydroxylation sites is 1. The molecule has 1 aromatic rings. The molecular formula is C13H19NO2. The minimum absolute atomic E-state index is 0.144. The fourth-order valence-electron chi connectivity index (χ4n) is 2.01. The largest absolute Gasteiger partial charge is 0.508 e. The van der Waals surface area contributed by atoms with Crippen LogP contribution in [0.2, 0.25) is 0 Å². The lowest BCUT2D eigenvalue weighted by molar-refractivity contribution is 0.153. The highest BCUT2D eigenvalue weighted by atomic mass is 16.3. The van der Waals surface area contributed by atoms with Gasteiger partial charge in [-0.05, 0) is 31.7 Å². The molecule has 0 amide bonds. The van der Waals surface area contributed by atoms with Crippen molar-refractivity contribution in [3.8, 4) is 5.75 Å². The molecule has 1 aliphatic carbocycles. The zero-order valence-corrected chi connectivity index (χ0v) is 9.61. The van der Waals surface area contributed by atoms with E-state index in [1.165, 1.54) is 12.8 Å². The molecule has 88 valence electrons. The molecule has 3 heteroatoms. The van der Waals surface area contributed by atoms with Gasteiger partial charge in [0.25, 0.3) is 0 Å². The molecule has 1 fully saturated rings. The van der Waals surface area contributed by atoms with Crippen molar-refractivity contribution in [2.24, 2.45) is 5.92 Å². The van der Waals surface area contributed by atoms with Crippen molar-refractivity contribution in [3.05, 3.63) is 29.8 Å². The summed E-state index contributed by atoms with van der Waals surface area (Å²) < 4.78 is 0. The zero-order chi connectivity index (χ0) is 11.6. The van der Waals surface area contributed by atoms with Crippen LogP contribution in [0.4, 0.5) is 0 Å². The lowest BCUT2D eigenvalue weighted by atomic mass is 9.96. The van der Waals surface area contributed by atoms with Crippen molar-refractivity contribution in [2.75, 3.05) is 6.61 Å². The summed E-state index contributed by atoms with van der Waals surface area (Å²) in [7, 11) is 0. The molecule has 16 heavy (non-hydrogen) atoms. The van der Waals surface area contributed by atoms with E-state index in [4.69, 9.17) is 0 Å². The Morgan fingerprint density at radius 3 is 2.62 bits per heavy atom. The van der Waals surface area contributed by atoms with E-state index >= 15 is 0 Å². The highest BCUT2D eigenvalue weighted by molar-refractivity contribution is 5.31. The number of nitrogens with one attached hydrogen (secondary N) is 1. The number of aliphatic hydroxyl groups is 1. The van der Waals surface area contributed by atoms with Gasteiger partial charge in [0.1, 0.15) is 5.75 Å². The molecule has 0 spiro atoms. The molecule has 3 N–H and O–H groups in total. The van der Waals surface area contributed by atoms with Gasteiger partial charge in [0.05, 0.1) is 6.61 Å². The first kappa shape index (κ1) is 11.4. The van der Waals surface area contributed by atoms with Crippen molar-refractivity contribution in [3.63, 3.8) is 0 Å². The Labute approximate surface area is 96.1 Å². The summed E-state index contributed by atoms with van der Waals surface area (Å²) in [5.41, 5.74) is 0.672. The number of hydrogen-bond donors (Lipinski definition) is 3. The predicted molar refractivity (Wildman–Crippen MR) is 63.2 cm³/mol. The average Bonchev–Trinajstić information content (AvgIpc) is 3.12. The van der Waals surface area contributed by atoms with E-state index in [1.807, 2.05) is 25.1 Å². The zero-order valence-electron chi connectivity index (χ0n) is 9.61. The van der Waals surface area contributed by atoms with Crippen LogP contribution in [-0.2, 0) is 6.54 Å². The van der Waals surface area contributed by atoms with Gasteiger partial charge in [-0.25, -0.2) is 0 Å². The van der Waals surface area contributed by atoms with Crippen LogP contribution in [0, 0.1) is 5.92 Å². The number of rotatable bonds is 5. The quantitative estimate of drug-likeness (QED) is 0.708. The maximum absolute atomic E-state index is 9.63. The van der Waals surface area contributed by atoms with Crippen LogP contribution in [0.1, 0.15) is 25.3 Å². The number of phenolic OH excluding ortho intramolecular Hbond substituents is 1. The van der Waals surface area contributed by atoms with Gasteiger partial charge in [-0.1, -0.05) is 18.2 Å². The number of hydrogen-bond acceptors (Lipinski definition) is 3. The summed E-state index contributed by atoms with van der Waals surface area (Å²) in [6, 6.07) is 7.30. The van der Waals surface area contributed by atoms with Gasteiger partial charge in [0.15, 0.2) is 0 Å². The molecule has 0 heterocycles. The van der Waals surface area contributed by atoms with Gasteiger partial charge in [0, 0.05) is 17.6 Å². The third-order valence-electron chi connectivity index (χ3n) is 3.48. The summed E-state index contributed by atoms with van der Waals surface area (Å²) in [5.74, 6) is 0.884. The summed E-state index contributed by atoms with van der Waals surface area (Å²) in [6.45, 7) is 2.79. The standard InChI is InChI=1S/C13H19NO2/c1-13(9-15,11-6-7-11)14-8-10-4-2-3-5-12(10)16/h2-5,11,14-16H,6-9H2,1H3. The van der Waals surface area contributed by atoms with Crippen molar-refractivity contribution in [2.45, 2.75) is 31.8 Å². The second kappa shape index (κ2) is 4.44. The molecule has 0 aromatic heterocycles. The van der Waals surface area contributed by atoms with Crippen LogP contribution in [0.25, 0.3) is 0 Å². The van der Waals surface area contributed by atoms with Crippen LogP contribution < -0.4 is 5.32 Å². The van der Waals surface area contributed by atoms with Gasteiger partial charge >= 0.3 is 0 Å². The number of aromatic hydroxyl groups is 1. The number of phenols is 1. The summed E-state index contributed by atoms with van der Waals surface area (Å²) >= 11 is 0. The lowest BCUT2D eigenvalue weighted by Crippen LogP contribution is -2.47. The highest BCUT2D eigenvalue weighted by Gasteiger charge is 2.40. The molecule has 1 atom stereocenters. The Bertz CT molecular complexity index is 363. The van der Waals surface area contributed by atoms with Gasteiger partial charge < -0.3 is 15.5 Å². The van der Waals surface area contributed by atoms with Gasteiger partial charge in [-0.2, -0.15) is 0 Å². The molecule has 0 radical (unpaired) electrons. The first-order valence-electron chi connectivity index (χ1n) is 5.78. The molecule has 1 aliphatic rings. The normalized spacial score (nSPS) is 19.4. The minimum Gasteiger partial charge on any atom is -0.508 e. The summed E-state index contributed by atoms with van der Waals surface area (Å²) in [4.78, 5) is 0. The molecule has 0 bridgehead atoms. The molecular weight excluding hydrogens is 202 g/mol. The monoisotopic (exact) mass is 221 g/mol. The Morgan fingerprint density at radius 2 is 2.06 bits per heavy atom. The Kier molecular flexibility index (Phi) is 3.17. The third kappa shape index (κ3) is 2.36. The predicted octanol–water partition coefficient (Wildman–Crippen LogP) is 1.64. The van der Waals surface area contributed by atoms with Gasteiger partial charge in [-0.15, -0.1) is 0 Å². The molecule has 0 aliphatic heterocycles. The molecule has 1 saturated carbocycles. The second-order valence-electron chi connectivity index (χ2n) is 4.83. The smallest absolute Gasteiger partial charge is 0.120 e. The number of aliphatic hydroxyl groups excluding tert-OH is 1. The molecule has 3 nitrogen and oxygen atoms in total. The molecule has 1 aromatic carbocycles. The fourth-order valence-corrected chi connectivity index (χ4v) is 2.01. The first-order valence-corrected chi connectivity index (χ1v) is 5.78. The van der Waals surface area contributed by atoms with Crippen molar-refractivity contribution in [1.82, 2.24) is 5.32 Å². The van der Waals surface area contributed by atoms with E-state index in [0.29, 0.717) is 18.2 Å². The van der Waals surface area contributed by atoms with Crippen LogP contribution in [0.15, 0.2) is 24.3 Å². The van der Waals surface area contributed by atoms with Crippen LogP contribution >= 0.6 is 0 Å². The maximum atomic E-state index is 9.63. The fraction of sp³-hybridized carbons (Fsp3) is 0.538. The lowest BCUT2D eigenvalue weighted by Gasteiger charge is -2.29. The summed E-state index contributed by atoms with van der Waals surface area (Å²) in [5, 5.41) is 22.4. The van der Waals surface area contributed by atoms with Crippen molar-refractivity contribution >= 4 is 0 Å². The highest BCUT2D eigenvalue weighted by Crippen LogP contribution is 2.39. The van der Waals surface area contributed by atoms with Crippen LogP contribution in [-0.4, -0.2) is 22.4 Å². The summed E-state index contributed by atoms with van der Waals surface area (Å²) in [6.07, 6.45) is 2.37. The molecule has 1 unspecified atom stereocenters. The minimum atomic E-state index is -0.206. The van der Waals surface area contributed by atoms with Crippen LogP contribution in [0.3, 0.4) is 0 Å². The SMILES string of the molecule is CC(CO)(NCc1ccccc1O)C1CC1. The van der Waals surface area contributed by atoms with Crippen molar-refractivity contribution in [1.29, 1.82) is 0 Å². The maximum Gasteiger partial charge on any atom is 0.120 e. The van der Waals surface area contributed by atoms with Crippen LogP contribution in [0.5, 0.6) is 5.75 Å². The average molecular weight is 221 g/mol. The van der Waals surface area contributed by atoms with E-state index in [1.54, 1.807) is 6.07 Å². The Morgan fingerprint density at radius 1 is 1.38 bits per heavy atom. The van der Waals surface area contributed by atoms with E-state index in [2.05, 4.69) is 5.32 Å². The Balaban J connectivity index is 1.98. The third-order valence-corrected chi connectivity index (χ3v) is 3.48. The van der Waals surface area contributed by atoms with E-state index in [-0.39, 0.29) is 12.1 Å². The van der Waals surface area contributed by atoms with E-state index in [0.717, 1.165) is 5.56 Å². The van der Waals surface area contributed by atoms with E-state index < -0.39 is 0 Å². The van der Waals surface area contributed by atoms with Gasteiger partial charge in [-0.3, -0.25) is 0 Å². The Hall–Kier alpha value is -1.06.